The molecular formula is C17H21N3O. The molecule has 0 fully saturated rings. The first-order chi connectivity index (χ1) is 10.1. The average Bonchev–Trinajstić information content (AvgIpc) is 2.52. The summed E-state index contributed by atoms with van der Waals surface area (Å²) in [5, 5.41) is 11.8. The molecule has 0 radical (unpaired) electrons. The van der Waals surface area contributed by atoms with E-state index < -0.39 is 0 Å². The van der Waals surface area contributed by atoms with Crippen molar-refractivity contribution in [1.82, 2.24) is 4.98 Å². The van der Waals surface area contributed by atoms with Crippen LogP contribution in [0, 0.1) is 11.3 Å². The van der Waals surface area contributed by atoms with Gasteiger partial charge in [-0.25, -0.2) is 4.98 Å². The largest absolute Gasteiger partial charge is 0.496 e. The van der Waals surface area contributed by atoms with Gasteiger partial charge in [-0.1, -0.05) is 26.0 Å². The summed E-state index contributed by atoms with van der Waals surface area (Å²) in [6.07, 6.45) is 1.74. The number of pyridine rings is 1. The molecule has 2 N–H and O–H groups in total. The van der Waals surface area contributed by atoms with E-state index >= 15 is 0 Å². The van der Waals surface area contributed by atoms with E-state index in [1.807, 2.05) is 36.4 Å². The molecule has 2 rings (SSSR count). The first kappa shape index (κ1) is 15.0. The van der Waals surface area contributed by atoms with Crippen molar-refractivity contribution in [2.75, 3.05) is 19.0 Å². The summed E-state index contributed by atoms with van der Waals surface area (Å²) in [5.74, 6) is 1.95. The van der Waals surface area contributed by atoms with Crippen LogP contribution in [0.15, 0.2) is 42.6 Å². The molecule has 0 aliphatic heterocycles. The van der Waals surface area contributed by atoms with Crippen LogP contribution in [0.5, 0.6) is 5.75 Å². The molecule has 0 spiro atoms. The van der Waals surface area contributed by atoms with Gasteiger partial charge in [0.05, 0.1) is 12.8 Å². The highest BCUT2D eigenvalue weighted by Crippen LogP contribution is 2.23. The molecule has 1 aromatic heterocycles. The summed E-state index contributed by atoms with van der Waals surface area (Å²) in [6.45, 7) is 5.10. The Bertz CT molecular complexity index is 623. The number of methoxy groups -OCH3 is 1. The lowest BCUT2D eigenvalue weighted by molar-refractivity contribution is 0.414. The monoisotopic (exact) mass is 283 g/mol. The van der Waals surface area contributed by atoms with Crippen LogP contribution in [0.1, 0.15) is 25.0 Å². The Morgan fingerprint density at radius 1 is 1.19 bits per heavy atom. The van der Waals surface area contributed by atoms with Crippen molar-refractivity contribution in [3.63, 3.8) is 0 Å². The van der Waals surface area contributed by atoms with Crippen LogP contribution in [0.2, 0.25) is 0 Å². The standard InChI is InChI=1S/C17H21N3O/c1-12(2)11-20-17-14(8-6-10-19-17)16(18)13-7-4-5-9-15(13)21-3/h4-10,12,18H,11H2,1-3H3,(H,19,20). The summed E-state index contributed by atoms with van der Waals surface area (Å²) in [6, 6.07) is 11.3. The zero-order valence-electron chi connectivity index (χ0n) is 12.7. The minimum atomic E-state index is 0.409. The SMILES string of the molecule is COc1ccccc1C(=N)c1cccnc1NCC(C)C. The molecule has 1 heterocycles. The predicted molar refractivity (Wildman–Crippen MR) is 86.5 cm³/mol. The Hall–Kier alpha value is -2.36. The molecule has 0 amide bonds. The maximum absolute atomic E-state index is 8.48. The summed E-state index contributed by atoms with van der Waals surface area (Å²) < 4.78 is 5.34. The highest BCUT2D eigenvalue weighted by atomic mass is 16.5. The van der Waals surface area contributed by atoms with E-state index in [-0.39, 0.29) is 0 Å². The molecule has 110 valence electrons. The van der Waals surface area contributed by atoms with Crippen molar-refractivity contribution >= 4 is 11.5 Å². The zero-order valence-corrected chi connectivity index (χ0v) is 12.7. The third kappa shape index (κ3) is 3.60. The molecule has 2 aromatic rings. The molecule has 4 heteroatoms. The topological polar surface area (TPSA) is 58.0 Å². The van der Waals surface area contributed by atoms with Crippen LogP contribution in [-0.4, -0.2) is 24.4 Å². The molecular weight excluding hydrogens is 262 g/mol. The highest BCUT2D eigenvalue weighted by Gasteiger charge is 2.14. The van der Waals surface area contributed by atoms with E-state index in [9.17, 15) is 0 Å². The molecule has 1 aromatic carbocycles. The highest BCUT2D eigenvalue weighted by molar-refractivity contribution is 6.15. The number of anilines is 1. The lowest BCUT2D eigenvalue weighted by Gasteiger charge is -2.14. The molecule has 0 saturated carbocycles. The number of rotatable bonds is 6. The zero-order chi connectivity index (χ0) is 15.2. The fourth-order valence-corrected chi connectivity index (χ4v) is 2.04. The minimum absolute atomic E-state index is 0.409. The summed E-state index contributed by atoms with van der Waals surface area (Å²) >= 11 is 0. The van der Waals surface area contributed by atoms with Gasteiger partial charge in [-0.3, -0.25) is 5.41 Å². The number of hydrogen-bond donors (Lipinski definition) is 2. The molecule has 0 saturated heterocycles. The normalized spacial score (nSPS) is 10.5. The maximum Gasteiger partial charge on any atom is 0.135 e. The third-order valence-electron chi connectivity index (χ3n) is 3.13. The average molecular weight is 283 g/mol. The molecule has 0 aliphatic carbocycles. The van der Waals surface area contributed by atoms with Crippen molar-refractivity contribution in [3.05, 3.63) is 53.7 Å². The molecule has 0 bridgehead atoms. The Labute approximate surface area is 125 Å². The van der Waals surface area contributed by atoms with Crippen LogP contribution >= 0.6 is 0 Å². The van der Waals surface area contributed by atoms with Gasteiger partial charge in [0.2, 0.25) is 0 Å². The Morgan fingerprint density at radius 3 is 2.62 bits per heavy atom. The lowest BCUT2D eigenvalue weighted by atomic mass is 10.0. The smallest absolute Gasteiger partial charge is 0.135 e. The van der Waals surface area contributed by atoms with E-state index in [1.165, 1.54) is 0 Å². The summed E-state index contributed by atoms with van der Waals surface area (Å²) in [7, 11) is 1.62. The van der Waals surface area contributed by atoms with Crippen LogP contribution < -0.4 is 10.1 Å². The Balaban J connectivity index is 2.35. The minimum Gasteiger partial charge on any atom is -0.496 e. The van der Waals surface area contributed by atoms with Gasteiger partial charge in [0, 0.05) is 23.9 Å². The van der Waals surface area contributed by atoms with Gasteiger partial charge < -0.3 is 10.1 Å². The predicted octanol–water partition coefficient (Wildman–Crippen LogP) is 3.57. The van der Waals surface area contributed by atoms with Gasteiger partial charge in [-0.2, -0.15) is 0 Å². The van der Waals surface area contributed by atoms with Crippen molar-refractivity contribution in [3.8, 4) is 5.75 Å². The molecule has 4 nitrogen and oxygen atoms in total. The Kier molecular flexibility index (Phi) is 4.93. The Morgan fingerprint density at radius 2 is 1.90 bits per heavy atom. The molecule has 0 atom stereocenters. The quantitative estimate of drug-likeness (QED) is 0.797. The van der Waals surface area contributed by atoms with Crippen LogP contribution in [0.25, 0.3) is 0 Å². The van der Waals surface area contributed by atoms with Crippen LogP contribution in [-0.2, 0) is 0 Å². The van der Waals surface area contributed by atoms with Crippen molar-refractivity contribution in [2.45, 2.75) is 13.8 Å². The van der Waals surface area contributed by atoms with Gasteiger partial charge in [-0.05, 0) is 30.2 Å². The molecule has 0 unspecified atom stereocenters. The van der Waals surface area contributed by atoms with Gasteiger partial charge in [-0.15, -0.1) is 0 Å². The number of ether oxygens (including phenoxy) is 1. The second-order valence-corrected chi connectivity index (χ2v) is 5.25. The maximum atomic E-state index is 8.48. The number of para-hydroxylation sites is 1. The fourth-order valence-electron chi connectivity index (χ4n) is 2.04. The fraction of sp³-hybridized carbons (Fsp3) is 0.294. The number of benzene rings is 1. The van der Waals surface area contributed by atoms with E-state index in [0.29, 0.717) is 17.4 Å². The van der Waals surface area contributed by atoms with Crippen LogP contribution in [0.3, 0.4) is 0 Å². The number of nitrogens with one attached hydrogen (secondary N) is 2. The summed E-state index contributed by atoms with van der Waals surface area (Å²) in [4.78, 5) is 4.36. The van der Waals surface area contributed by atoms with Gasteiger partial charge in [0.15, 0.2) is 0 Å². The first-order valence-electron chi connectivity index (χ1n) is 7.04. The van der Waals surface area contributed by atoms with E-state index in [0.717, 1.165) is 23.5 Å². The second kappa shape index (κ2) is 6.88. The lowest BCUT2D eigenvalue weighted by Crippen LogP contribution is -2.14. The molecule has 0 aliphatic rings. The van der Waals surface area contributed by atoms with Crippen molar-refractivity contribution < 1.29 is 4.74 Å². The third-order valence-corrected chi connectivity index (χ3v) is 3.13. The van der Waals surface area contributed by atoms with Crippen molar-refractivity contribution in [1.29, 1.82) is 5.41 Å². The van der Waals surface area contributed by atoms with E-state index in [4.69, 9.17) is 10.1 Å². The number of aromatic nitrogens is 1. The van der Waals surface area contributed by atoms with E-state index in [1.54, 1.807) is 13.3 Å². The second-order valence-electron chi connectivity index (χ2n) is 5.25. The molecule has 21 heavy (non-hydrogen) atoms. The van der Waals surface area contributed by atoms with Crippen LogP contribution in [0.4, 0.5) is 5.82 Å². The van der Waals surface area contributed by atoms with Crippen molar-refractivity contribution in [2.24, 2.45) is 5.92 Å². The van der Waals surface area contributed by atoms with Gasteiger partial charge in [0.25, 0.3) is 0 Å². The van der Waals surface area contributed by atoms with Gasteiger partial charge >= 0.3 is 0 Å². The summed E-state index contributed by atoms with van der Waals surface area (Å²) in [5.41, 5.74) is 1.95. The number of hydrogen-bond acceptors (Lipinski definition) is 4. The van der Waals surface area contributed by atoms with Gasteiger partial charge in [0.1, 0.15) is 11.6 Å². The van der Waals surface area contributed by atoms with E-state index in [2.05, 4.69) is 24.1 Å². The first-order valence-corrected chi connectivity index (χ1v) is 7.04. The number of nitrogens with zero attached hydrogens (tertiary/aromatic N) is 1.